The number of fused-ring (bicyclic) bond motifs is 1. The number of hydrogen-bond acceptors (Lipinski definition) is 3. The zero-order valence-electron chi connectivity index (χ0n) is 19.5. The predicted molar refractivity (Wildman–Crippen MR) is 134 cm³/mol. The van der Waals surface area contributed by atoms with Gasteiger partial charge in [0.2, 0.25) is 0 Å². The number of benzene rings is 3. The zero-order valence-corrected chi connectivity index (χ0v) is 19.5. The fourth-order valence-corrected chi connectivity index (χ4v) is 4.48. The molecule has 0 aliphatic heterocycles. The van der Waals surface area contributed by atoms with E-state index in [1.54, 1.807) is 4.68 Å². The molecule has 6 nitrogen and oxygen atoms in total. The Hall–Kier alpha value is -3.93. The van der Waals surface area contributed by atoms with Crippen LogP contribution in [-0.4, -0.2) is 45.6 Å². The number of carbonyl (C=O) groups is 2. The van der Waals surface area contributed by atoms with Gasteiger partial charge in [0, 0.05) is 37.1 Å². The van der Waals surface area contributed by atoms with Crippen LogP contribution in [0, 0.1) is 6.92 Å². The normalized spacial score (nSPS) is 13.1. The molecule has 0 bridgehead atoms. The molecule has 6 heteroatoms. The van der Waals surface area contributed by atoms with Gasteiger partial charge in [-0.2, -0.15) is 5.10 Å². The van der Waals surface area contributed by atoms with Gasteiger partial charge in [0.05, 0.1) is 5.52 Å². The van der Waals surface area contributed by atoms with Crippen molar-refractivity contribution in [3.8, 4) is 11.1 Å². The lowest BCUT2D eigenvalue weighted by Gasteiger charge is -2.24. The van der Waals surface area contributed by atoms with Crippen molar-refractivity contribution in [2.45, 2.75) is 25.8 Å². The molecule has 34 heavy (non-hydrogen) atoms. The molecule has 1 aliphatic carbocycles. The maximum atomic E-state index is 13.6. The number of nitrogens with one attached hydrogen (secondary N) is 1. The van der Waals surface area contributed by atoms with E-state index in [9.17, 15) is 9.59 Å². The number of rotatable bonds is 7. The fourth-order valence-electron chi connectivity index (χ4n) is 4.48. The number of aromatic nitrogens is 2. The summed E-state index contributed by atoms with van der Waals surface area (Å²) in [5, 5.41) is 8.19. The Kier molecular flexibility index (Phi) is 5.88. The Labute approximate surface area is 199 Å². The Morgan fingerprint density at radius 2 is 1.79 bits per heavy atom. The smallest absolute Gasteiger partial charge is 0.272 e. The molecule has 0 radical (unpaired) electrons. The highest BCUT2D eigenvalue weighted by Crippen LogP contribution is 2.31. The molecule has 2 amide bonds. The van der Waals surface area contributed by atoms with Crippen LogP contribution in [0.2, 0.25) is 0 Å². The number of carbonyl (C=O) groups excluding carboxylic acids is 2. The Bertz CT molecular complexity index is 1370. The van der Waals surface area contributed by atoms with E-state index in [4.69, 9.17) is 0 Å². The molecular formula is C28H28N4O2. The molecule has 1 aliphatic rings. The van der Waals surface area contributed by atoms with Crippen molar-refractivity contribution < 1.29 is 9.59 Å². The van der Waals surface area contributed by atoms with Crippen molar-refractivity contribution in [3.05, 3.63) is 89.6 Å². The van der Waals surface area contributed by atoms with E-state index in [1.807, 2.05) is 72.6 Å². The Morgan fingerprint density at radius 1 is 1.03 bits per heavy atom. The van der Waals surface area contributed by atoms with Crippen LogP contribution in [0.5, 0.6) is 0 Å². The summed E-state index contributed by atoms with van der Waals surface area (Å²) in [5.41, 5.74) is 5.15. The minimum Gasteiger partial charge on any atom is -0.349 e. The predicted octanol–water partition coefficient (Wildman–Crippen LogP) is 4.58. The van der Waals surface area contributed by atoms with Crippen LogP contribution in [0.25, 0.3) is 22.0 Å². The molecule has 1 aromatic heterocycles. The van der Waals surface area contributed by atoms with Gasteiger partial charge in [0.1, 0.15) is 0 Å². The van der Waals surface area contributed by atoms with Crippen LogP contribution in [0.3, 0.4) is 0 Å². The lowest BCUT2D eigenvalue weighted by atomic mass is 9.97. The van der Waals surface area contributed by atoms with Crippen molar-refractivity contribution >= 4 is 22.7 Å². The van der Waals surface area contributed by atoms with Crippen molar-refractivity contribution in [1.82, 2.24) is 20.0 Å². The van der Waals surface area contributed by atoms with Gasteiger partial charge in [-0.25, -0.2) is 0 Å². The van der Waals surface area contributed by atoms with E-state index >= 15 is 0 Å². The van der Waals surface area contributed by atoms with E-state index in [-0.39, 0.29) is 17.9 Å². The summed E-state index contributed by atoms with van der Waals surface area (Å²) in [6.45, 7) is 2.89. The number of nitrogens with zero attached hydrogens (tertiary/aromatic N) is 3. The van der Waals surface area contributed by atoms with Gasteiger partial charge in [-0.3, -0.25) is 14.3 Å². The summed E-state index contributed by atoms with van der Waals surface area (Å²) in [6.07, 6.45) is 1.99. The molecule has 0 saturated heterocycles. The third-order valence-corrected chi connectivity index (χ3v) is 6.35. The molecule has 4 aromatic rings. The van der Waals surface area contributed by atoms with Crippen LogP contribution in [0.4, 0.5) is 0 Å². The van der Waals surface area contributed by atoms with Crippen LogP contribution < -0.4 is 5.32 Å². The summed E-state index contributed by atoms with van der Waals surface area (Å²) in [6, 6.07) is 23.9. The first-order chi connectivity index (χ1) is 16.5. The SMILES string of the molecule is Cc1cccc(-c2ccccc2C(=O)N(CCNC(=O)c2nn(C)c3ccccc23)C2CC2)c1. The highest BCUT2D eigenvalue weighted by molar-refractivity contribution is 6.05. The van der Waals surface area contributed by atoms with Gasteiger partial charge in [-0.1, -0.05) is 66.2 Å². The molecule has 0 atom stereocenters. The molecule has 1 N–H and O–H groups in total. The minimum absolute atomic E-state index is 0.0112. The summed E-state index contributed by atoms with van der Waals surface area (Å²) in [7, 11) is 1.83. The van der Waals surface area contributed by atoms with E-state index in [0.717, 1.165) is 40.4 Å². The van der Waals surface area contributed by atoms with Crippen LogP contribution in [-0.2, 0) is 7.05 Å². The first-order valence-corrected chi connectivity index (χ1v) is 11.7. The highest BCUT2D eigenvalue weighted by atomic mass is 16.2. The number of para-hydroxylation sites is 1. The quantitative estimate of drug-likeness (QED) is 0.446. The minimum atomic E-state index is -0.222. The second-order valence-corrected chi connectivity index (χ2v) is 8.89. The first-order valence-electron chi connectivity index (χ1n) is 11.7. The molecule has 0 unspecified atom stereocenters. The molecule has 0 spiro atoms. The monoisotopic (exact) mass is 452 g/mol. The van der Waals surface area contributed by atoms with Crippen molar-refractivity contribution in [2.24, 2.45) is 7.05 Å². The summed E-state index contributed by atoms with van der Waals surface area (Å²) < 4.78 is 1.71. The van der Waals surface area contributed by atoms with Crippen LogP contribution in [0.15, 0.2) is 72.8 Å². The number of hydrogen-bond donors (Lipinski definition) is 1. The van der Waals surface area contributed by atoms with Crippen LogP contribution >= 0.6 is 0 Å². The molecule has 3 aromatic carbocycles. The summed E-state index contributed by atoms with van der Waals surface area (Å²) >= 11 is 0. The van der Waals surface area contributed by atoms with Gasteiger partial charge in [-0.15, -0.1) is 0 Å². The number of amides is 2. The maximum Gasteiger partial charge on any atom is 0.272 e. The molecule has 5 rings (SSSR count). The van der Waals surface area contributed by atoms with Crippen molar-refractivity contribution in [3.63, 3.8) is 0 Å². The Morgan fingerprint density at radius 3 is 2.59 bits per heavy atom. The number of aryl methyl sites for hydroxylation is 2. The zero-order chi connectivity index (χ0) is 23.7. The third-order valence-electron chi connectivity index (χ3n) is 6.35. The average molecular weight is 453 g/mol. The first kappa shape index (κ1) is 21.9. The van der Waals surface area contributed by atoms with Crippen molar-refractivity contribution in [1.29, 1.82) is 0 Å². The fraction of sp³-hybridized carbons (Fsp3) is 0.250. The van der Waals surface area contributed by atoms with Gasteiger partial charge in [0.15, 0.2) is 5.69 Å². The van der Waals surface area contributed by atoms with E-state index < -0.39 is 0 Å². The average Bonchev–Trinajstić information content (AvgIpc) is 3.64. The maximum absolute atomic E-state index is 13.6. The molecule has 1 saturated carbocycles. The van der Waals surface area contributed by atoms with Gasteiger partial charge >= 0.3 is 0 Å². The summed E-state index contributed by atoms with van der Waals surface area (Å²) in [5.74, 6) is -0.211. The molecular weight excluding hydrogens is 424 g/mol. The summed E-state index contributed by atoms with van der Waals surface area (Å²) in [4.78, 5) is 28.4. The van der Waals surface area contributed by atoms with Crippen molar-refractivity contribution in [2.75, 3.05) is 13.1 Å². The van der Waals surface area contributed by atoms with E-state index in [2.05, 4.69) is 29.5 Å². The van der Waals surface area contributed by atoms with E-state index in [1.165, 1.54) is 0 Å². The second-order valence-electron chi connectivity index (χ2n) is 8.89. The second kappa shape index (κ2) is 9.14. The molecule has 172 valence electrons. The standard InChI is InChI=1S/C28H28N4O2/c1-19-8-7-9-20(18-19)22-10-3-4-11-23(22)28(34)32(21-14-15-21)17-16-29-27(33)26-24-12-5-6-13-25(24)31(2)30-26/h3-13,18,21H,14-17H2,1-2H3,(H,29,33). The van der Waals surface area contributed by atoms with Crippen LogP contribution in [0.1, 0.15) is 39.3 Å². The lowest BCUT2D eigenvalue weighted by Crippen LogP contribution is -2.40. The molecule has 1 fully saturated rings. The molecule has 1 heterocycles. The third kappa shape index (κ3) is 4.31. The lowest BCUT2D eigenvalue weighted by molar-refractivity contribution is 0.0737. The van der Waals surface area contributed by atoms with Gasteiger partial charge < -0.3 is 10.2 Å². The van der Waals surface area contributed by atoms with Gasteiger partial charge in [0.25, 0.3) is 11.8 Å². The highest BCUT2D eigenvalue weighted by Gasteiger charge is 2.33. The largest absolute Gasteiger partial charge is 0.349 e. The topological polar surface area (TPSA) is 67.2 Å². The van der Waals surface area contributed by atoms with E-state index in [0.29, 0.717) is 24.3 Å². The van der Waals surface area contributed by atoms with Gasteiger partial charge in [-0.05, 0) is 43.0 Å². The Balaban J connectivity index is 1.32.